The summed E-state index contributed by atoms with van der Waals surface area (Å²) in [6, 6.07) is 6.82. The Labute approximate surface area is 118 Å². The Bertz CT molecular complexity index is 460. The number of nitrogens with one attached hydrogen (secondary N) is 1. The number of rotatable bonds is 4. The second kappa shape index (κ2) is 6.67. The van der Waals surface area contributed by atoms with Gasteiger partial charge in [-0.3, -0.25) is 15.1 Å². The van der Waals surface area contributed by atoms with Crippen LogP contribution in [0.4, 0.5) is 10.1 Å². The van der Waals surface area contributed by atoms with Crippen molar-refractivity contribution in [2.24, 2.45) is 11.8 Å². The van der Waals surface area contributed by atoms with Gasteiger partial charge in [-0.25, -0.2) is 10.2 Å². The van der Waals surface area contributed by atoms with E-state index in [-0.39, 0.29) is 17.6 Å². The number of hydrazine groups is 1. The zero-order chi connectivity index (χ0) is 14.5. The van der Waals surface area contributed by atoms with Crippen LogP contribution in [-0.2, 0) is 4.79 Å². The van der Waals surface area contributed by atoms with Gasteiger partial charge in [0, 0.05) is 38.6 Å². The number of halogens is 1. The molecule has 1 saturated heterocycles. The van der Waals surface area contributed by atoms with Crippen molar-refractivity contribution in [3.05, 3.63) is 30.1 Å². The van der Waals surface area contributed by atoms with Crippen LogP contribution in [-0.4, -0.2) is 43.5 Å². The highest BCUT2D eigenvalue weighted by Gasteiger charge is 2.22. The van der Waals surface area contributed by atoms with Crippen LogP contribution in [0.3, 0.4) is 0 Å². The number of hydrogen-bond donors (Lipinski definition) is 2. The molecule has 0 saturated carbocycles. The molecule has 1 fully saturated rings. The lowest BCUT2D eigenvalue weighted by Crippen LogP contribution is -2.49. The number of para-hydroxylation sites is 1. The molecule has 1 aliphatic heterocycles. The van der Waals surface area contributed by atoms with E-state index < -0.39 is 0 Å². The minimum absolute atomic E-state index is 0.139. The summed E-state index contributed by atoms with van der Waals surface area (Å²) >= 11 is 0. The number of carbonyl (C=O) groups excluding carboxylic acids is 1. The van der Waals surface area contributed by atoms with Crippen LogP contribution in [0.15, 0.2) is 24.3 Å². The number of anilines is 1. The van der Waals surface area contributed by atoms with Crippen LogP contribution in [0.25, 0.3) is 0 Å². The average Bonchev–Trinajstić information content (AvgIpc) is 2.48. The molecule has 1 aromatic carbocycles. The lowest BCUT2D eigenvalue weighted by Gasteiger charge is -2.37. The van der Waals surface area contributed by atoms with E-state index in [1.807, 2.05) is 17.9 Å². The summed E-state index contributed by atoms with van der Waals surface area (Å²) in [5.41, 5.74) is 2.82. The van der Waals surface area contributed by atoms with E-state index in [1.165, 1.54) is 6.07 Å². The molecule has 110 valence electrons. The van der Waals surface area contributed by atoms with Crippen molar-refractivity contribution >= 4 is 11.6 Å². The molecule has 0 spiro atoms. The Balaban J connectivity index is 1.87. The van der Waals surface area contributed by atoms with E-state index in [2.05, 4.69) is 10.3 Å². The van der Waals surface area contributed by atoms with Gasteiger partial charge in [0.25, 0.3) is 0 Å². The molecular weight excluding hydrogens is 259 g/mol. The first-order valence-corrected chi connectivity index (χ1v) is 6.84. The minimum atomic E-state index is -0.183. The Morgan fingerprint density at radius 3 is 2.60 bits per heavy atom. The van der Waals surface area contributed by atoms with Crippen molar-refractivity contribution in [1.29, 1.82) is 0 Å². The van der Waals surface area contributed by atoms with E-state index >= 15 is 0 Å². The molecule has 5 nitrogen and oxygen atoms in total. The zero-order valence-corrected chi connectivity index (χ0v) is 11.7. The molecule has 1 aliphatic rings. The van der Waals surface area contributed by atoms with E-state index in [1.54, 1.807) is 12.1 Å². The summed E-state index contributed by atoms with van der Waals surface area (Å²) in [5.74, 6) is 4.65. The van der Waals surface area contributed by atoms with Gasteiger partial charge in [0.15, 0.2) is 0 Å². The van der Waals surface area contributed by atoms with Gasteiger partial charge >= 0.3 is 0 Å². The molecule has 0 aromatic heterocycles. The number of piperazine rings is 1. The number of carbonyl (C=O) groups is 1. The van der Waals surface area contributed by atoms with Crippen LogP contribution in [0, 0.1) is 11.7 Å². The first-order chi connectivity index (χ1) is 9.61. The summed E-state index contributed by atoms with van der Waals surface area (Å²) in [5, 5.41) is 0. The van der Waals surface area contributed by atoms with E-state index in [9.17, 15) is 9.18 Å². The standard InChI is InChI=1S/C14H21FN4O/c1-11(14(20)17-16)10-18-6-8-19(9-7-18)13-5-3-2-4-12(13)15/h2-5,11H,6-10,16H2,1H3,(H,17,20). The predicted molar refractivity (Wildman–Crippen MR) is 76.5 cm³/mol. The summed E-state index contributed by atoms with van der Waals surface area (Å²) < 4.78 is 13.7. The van der Waals surface area contributed by atoms with Crippen molar-refractivity contribution < 1.29 is 9.18 Å². The Hall–Kier alpha value is -1.66. The highest BCUT2D eigenvalue weighted by molar-refractivity contribution is 5.77. The highest BCUT2D eigenvalue weighted by Crippen LogP contribution is 2.20. The van der Waals surface area contributed by atoms with E-state index in [4.69, 9.17) is 5.84 Å². The van der Waals surface area contributed by atoms with Crippen LogP contribution in [0.5, 0.6) is 0 Å². The van der Waals surface area contributed by atoms with Gasteiger partial charge in [-0.05, 0) is 12.1 Å². The summed E-state index contributed by atoms with van der Waals surface area (Å²) in [4.78, 5) is 15.6. The van der Waals surface area contributed by atoms with E-state index in [0.29, 0.717) is 12.2 Å². The first kappa shape index (κ1) is 14.7. The minimum Gasteiger partial charge on any atom is -0.367 e. The third-order valence-corrected chi connectivity index (χ3v) is 3.69. The molecular formula is C14H21FN4O. The van der Waals surface area contributed by atoms with Gasteiger partial charge in [0.1, 0.15) is 5.82 Å². The number of nitrogens with zero attached hydrogens (tertiary/aromatic N) is 2. The van der Waals surface area contributed by atoms with E-state index in [0.717, 1.165) is 26.2 Å². The molecule has 1 amide bonds. The van der Waals surface area contributed by atoms with Crippen molar-refractivity contribution in [3.63, 3.8) is 0 Å². The quantitative estimate of drug-likeness (QED) is 0.481. The van der Waals surface area contributed by atoms with Crippen LogP contribution >= 0.6 is 0 Å². The van der Waals surface area contributed by atoms with Gasteiger partial charge in [0.05, 0.1) is 5.69 Å². The van der Waals surface area contributed by atoms with Crippen molar-refractivity contribution in [1.82, 2.24) is 10.3 Å². The fourth-order valence-corrected chi connectivity index (χ4v) is 2.49. The molecule has 1 atom stereocenters. The molecule has 0 radical (unpaired) electrons. The fraction of sp³-hybridized carbons (Fsp3) is 0.500. The lowest BCUT2D eigenvalue weighted by molar-refractivity contribution is -0.125. The zero-order valence-electron chi connectivity index (χ0n) is 11.7. The van der Waals surface area contributed by atoms with Gasteiger partial charge in [-0.1, -0.05) is 19.1 Å². The number of amides is 1. The molecule has 20 heavy (non-hydrogen) atoms. The largest absolute Gasteiger partial charge is 0.367 e. The highest BCUT2D eigenvalue weighted by atomic mass is 19.1. The van der Waals surface area contributed by atoms with Gasteiger partial charge in [-0.2, -0.15) is 0 Å². The first-order valence-electron chi connectivity index (χ1n) is 6.84. The van der Waals surface area contributed by atoms with Gasteiger partial charge < -0.3 is 4.90 Å². The summed E-state index contributed by atoms with van der Waals surface area (Å²) in [7, 11) is 0. The molecule has 1 aromatic rings. The maximum atomic E-state index is 13.7. The predicted octanol–water partition coefficient (Wildman–Crippen LogP) is 0.574. The summed E-state index contributed by atoms with van der Waals surface area (Å²) in [6.07, 6.45) is 0. The normalized spacial score (nSPS) is 17.9. The molecule has 0 bridgehead atoms. The second-order valence-corrected chi connectivity index (χ2v) is 5.15. The topological polar surface area (TPSA) is 61.6 Å². The molecule has 1 heterocycles. The van der Waals surface area contributed by atoms with Gasteiger partial charge in [-0.15, -0.1) is 0 Å². The fourth-order valence-electron chi connectivity index (χ4n) is 2.49. The Kier molecular flexibility index (Phi) is 4.92. The molecule has 6 heteroatoms. The monoisotopic (exact) mass is 280 g/mol. The van der Waals surface area contributed by atoms with Crippen molar-refractivity contribution in [3.8, 4) is 0 Å². The average molecular weight is 280 g/mol. The third-order valence-electron chi connectivity index (χ3n) is 3.69. The number of benzene rings is 1. The van der Waals surface area contributed by atoms with Crippen LogP contribution in [0.2, 0.25) is 0 Å². The Morgan fingerprint density at radius 1 is 1.35 bits per heavy atom. The summed E-state index contributed by atoms with van der Waals surface area (Å²) in [6.45, 7) is 5.68. The Morgan fingerprint density at radius 2 is 2.00 bits per heavy atom. The molecule has 3 N–H and O–H groups in total. The molecule has 1 unspecified atom stereocenters. The maximum absolute atomic E-state index is 13.7. The van der Waals surface area contributed by atoms with Crippen molar-refractivity contribution in [2.45, 2.75) is 6.92 Å². The smallest absolute Gasteiger partial charge is 0.237 e. The SMILES string of the molecule is CC(CN1CCN(c2ccccc2F)CC1)C(=O)NN. The van der Waals surface area contributed by atoms with Crippen LogP contribution in [0.1, 0.15) is 6.92 Å². The van der Waals surface area contributed by atoms with Crippen LogP contribution < -0.4 is 16.2 Å². The molecule has 2 rings (SSSR count). The maximum Gasteiger partial charge on any atom is 0.237 e. The molecule has 0 aliphatic carbocycles. The van der Waals surface area contributed by atoms with Crippen molar-refractivity contribution in [2.75, 3.05) is 37.6 Å². The lowest BCUT2D eigenvalue weighted by atomic mass is 10.1. The number of nitrogens with two attached hydrogens (primary N) is 1. The second-order valence-electron chi connectivity index (χ2n) is 5.15. The van der Waals surface area contributed by atoms with Gasteiger partial charge in [0.2, 0.25) is 5.91 Å². The number of hydrogen-bond acceptors (Lipinski definition) is 4. The third kappa shape index (κ3) is 3.46.